The first-order valence-corrected chi connectivity index (χ1v) is 7.10. The second-order valence-corrected chi connectivity index (χ2v) is 5.42. The van der Waals surface area contributed by atoms with Crippen molar-refractivity contribution in [1.82, 2.24) is 5.32 Å². The molecule has 0 saturated heterocycles. The number of halogens is 1. The van der Waals surface area contributed by atoms with Crippen LogP contribution in [0.2, 0.25) is 5.02 Å². The average Bonchev–Trinajstić information content (AvgIpc) is 2.77. The Morgan fingerprint density at radius 2 is 2.00 bits per heavy atom. The topological polar surface area (TPSA) is 79.5 Å². The molecular formula is C16H16ClNO4. The van der Waals surface area contributed by atoms with Crippen LogP contribution in [0, 0.1) is 13.8 Å². The Hall–Kier alpha value is -2.27. The zero-order valence-electron chi connectivity index (χ0n) is 12.2. The van der Waals surface area contributed by atoms with E-state index < -0.39 is 17.9 Å². The predicted molar refractivity (Wildman–Crippen MR) is 82.1 cm³/mol. The van der Waals surface area contributed by atoms with Crippen LogP contribution in [-0.2, 0) is 4.79 Å². The van der Waals surface area contributed by atoms with Gasteiger partial charge in [0, 0.05) is 10.6 Å². The van der Waals surface area contributed by atoms with Gasteiger partial charge >= 0.3 is 5.97 Å². The van der Waals surface area contributed by atoms with Gasteiger partial charge in [0.15, 0.2) is 5.76 Å². The van der Waals surface area contributed by atoms with Gasteiger partial charge in [0.2, 0.25) is 0 Å². The van der Waals surface area contributed by atoms with Crippen LogP contribution in [0.5, 0.6) is 0 Å². The molecule has 0 bridgehead atoms. The molecule has 2 N–H and O–H groups in total. The van der Waals surface area contributed by atoms with Crippen molar-refractivity contribution in [3.8, 4) is 0 Å². The molecule has 1 heterocycles. The maximum atomic E-state index is 12.3. The summed E-state index contributed by atoms with van der Waals surface area (Å²) in [7, 11) is 0. The Labute approximate surface area is 132 Å². The summed E-state index contributed by atoms with van der Waals surface area (Å²) < 4.78 is 5.36. The molecule has 0 spiro atoms. The number of furan rings is 1. The molecule has 0 aliphatic rings. The largest absolute Gasteiger partial charge is 0.481 e. The average molecular weight is 322 g/mol. The fraction of sp³-hybridized carbons (Fsp3) is 0.250. The van der Waals surface area contributed by atoms with Crippen LogP contribution in [0.1, 0.15) is 39.9 Å². The lowest BCUT2D eigenvalue weighted by atomic mass is 10.0. The summed E-state index contributed by atoms with van der Waals surface area (Å²) in [5.41, 5.74) is 1.25. The lowest BCUT2D eigenvalue weighted by molar-refractivity contribution is -0.137. The first kappa shape index (κ1) is 16.1. The van der Waals surface area contributed by atoms with Crippen LogP contribution >= 0.6 is 11.6 Å². The van der Waals surface area contributed by atoms with E-state index in [1.54, 1.807) is 44.2 Å². The molecule has 0 radical (unpaired) electrons. The third-order valence-corrected chi connectivity index (χ3v) is 3.56. The number of carboxylic acids is 1. The minimum atomic E-state index is -1.03. The quantitative estimate of drug-likeness (QED) is 0.883. The van der Waals surface area contributed by atoms with Crippen molar-refractivity contribution in [2.75, 3.05) is 0 Å². The first-order valence-electron chi connectivity index (χ1n) is 6.72. The molecule has 6 heteroatoms. The fourth-order valence-corrected chi connectivity index (χ4v) is 2.53. The zero-order valence-corrected chi connectivity index (χ0v) is 13.0. The van der Waals surface area contributed by atoms with E-state index in [9.17, 15) is 9.59 Å². The highest BCUT2D eigenvalue weighted by Crippen LogP contribution is 2.26. The van der Waals surface area contributed by atoms with Crippen LogP contribution in [0.25, 0.3) is 0 Å². The number of aliphatic carboxylic acids is 1. The van der Waals surface area contributed by atoms with Crippen LogP contribution in [0.4, 0.5) is 0 Å². The highest BCUT2D eigenvalue weighted by Gasteiger charge is 2.23. The summed E-state index contributed by atoms with van der Waals surface area (Å²) in [5.74, 6) is -0.690. The van der Waals surface area contributed by atoms with E-state index in [-0.39, 0.29) is 12.2 Å². The summed E-state index contributed by atoms with van der Waals surface area (Å²) in [6.07, 6.45) is -0.270. The Morgan fingerprint density at radius 3 is 2.55 bits per heavy atom. The van der Waals surface area contributed by atoms with Crippen molar-refractivity contribution in [1.29, 1.82) is 0 Å². The van der Waals surface area contributed by atoms with Gasteiger partial charge in [0.1, 0.15) is 5.76 Å². The molecule has 1 aromatic carbocycles. The number of amides is 1. The Morgan fingerprint density at radius 1 is 1.32 bits per heavy atom. The van der Waals surface area contributed by atoms with E-state index in [1.807, 2.05) is 0 Å². The van der Waals surface area contributed by atoms with Crippen molar-refractivity contribution in [3.05, 3.63) is 58.0 Å². The number of carbonyl (C=O) groups excluding carboxylic acids is 1. The van der Waals surface area contributed by atoms with Crippen molar-refractivity contribution in [3.63, 3.8) is 0 Å². The zero-order chi connectivity index (χ0) is 16.3. The minimum absolute atomic E-state index is 0.181. The highest BCUT2D eigenvalue weighted by molar-refractivity contribution is 6.31. The second kappa shape index (κ2) is 6.66. The van der Waals surface area contributed by atoms with E-state index in [4.69, 9.17) is 21.1 Å². The summed E-state index contributed by atoms with van der Waals surface area (Å²) in [5, 5.41) is 12.1. The van der Waals surface area contributed by atoms with Crippen LogP contribution in [0.15, 0.2) is 34.7 Å². The molecule has 0 fully saturated rings. The second-order valence-electron chi connectivity index (χ2n) is 5.01. The summed E-state index contributed by atoms with van der Waals surface area (Å²) in [4.78, 5) is 23.4. The van der Waals surface area contributed by atoms with Crippen LogP contribution in [0.3, 0.4) is 0 Å². The standard InChI is InChI=1S/C16H16ClNO4/c1-9-7-10(2)22-15(9)16(21)18-13(8-14(19)20)11-5-3-4-6-12(11)17/h3-7,13H,8H2,1-2H3,(H,18,21)(H,19,20)/t13-/m1/s1. The summed E-state index contributed by atoms with van der Waals surface area (Å²) in [6.45, 7) is 3.50. The fourth-order valence-electron chi connectivity index (χ4n) is 2.26. The number of rotatable bonds is 5. The minimum Gasteiger partial charge on any atom is -0.481 e. The Kier molecular flexibility index (Phi) is 4.88. The molecule has 0 aliphatic heterocycles. The number of carbonyl (C=O) groups is 2. The molecular weight excluding hydrogens is 306 g/mol. The van der Waals surface area contributed by atoms with E-state index in [2.05, 4.69) is 5.32 Å². The monoisotopic (exact) mass is 321 g/mol. The van der Waals surface area contributed by atoms with E-state index in [1.165, 1.54) is 0 Å². The highest BCUT2D eigenvalue weighted by atomic mass is 35.5. The van der Waals surface area contributed by atoms with E-state index >= 15 is 0 Å². The third kappa shape index (κ3) is 3.68. The van der Waals surface area contributed by atoms with Crippen molar-refractivity contribution >= 4 is 23.5 Å². The van der Waals surface area contributed by atoms with Crippen LogP contribution < -0.4 is 5.32 Å². The Balaban J connectivity index is 2.27. The molecule has 1 atom stereocenters. The number of hydrogen-bond donors (Lipinski definition) is 2. The van der Waals surface area contributed by atoms with Gasteiger partial charge in [-0.1, -0.05) is 29.8 Å². The number of benzene rings is 1. The molecule has 1 aromatic heterocycles. The first-order chi connectivity index (χ1) is 10.4. The van der Waals surface area contributed by atoms with Crippen LogP contribution in [-0.4, -0.2) is 17.0 Å². The SMILES string of the molecule is Cc1cc(C)c(C(=O)N[C@H](CC(=O)O)c2ccccc2Cl)o1. The van der Waals surface area contributed by atoms with Gasteiger partial charge in [-0.15, -0.1) is 0 Å². The smallest absolute Gasteiger partial charge is 0.305 e. The van der Waals surface area contributed by atoms with E-state index in [0.717, 1.165) is 0 Å². The normalized spacial score (nSPS) is 12.0. The van der Waals surface area contributed by atoms with Crippen molar-refractivity contribution in [2.45, 2.75) is 26.3 Å². The maximum absolute atomic E-state index is 12.3. The summed E-state index contributed by atoms with van der Waals surface area (Å²) >= 11 is 6.10. The molecule has 0 saturated carbocycles. The predicted octanol–water partition coefficient (Wildman–Crippen LogP) is 3.50. The molecule has 0 aliphatic carbocycles. The molecule has 22 heavy (non-hydrogen) atoms. The molecule has 0 unspecified atom stereocenters. The van der Waals surface area contributed by atoms with Crippen molar-refractivity contribution in [2.24, 2.45) is 0 Å². The number of hydrogen-bond acceptors (Lipinski definition) is 3. The molecule has 2 rings (SSSR count). The lowest BCUT2D eigenvalue weighted by Crippen LogP contribution is -2.30. The maximum Gasteiger partial charge on any atom is 0.305 e. The number of nitrogens with one attached hydrogen (secondary N) is 1. The Bertz CT molecular complexity index is 708. The van der Waals surface area contributed by atoms with E-state index in [0.29, 0.717) is 21.9 Å². The van der Waals surface area contributed by atoms with Gasteiger partial charge in [-0.2, -0.15) is 0 Å². The summed E-state index contributed by atoms with van der Waals surface area (Å²) in [6, 6.07) is 7.84. The van der Waals surface area contributed by atoms with Gasteiger partial charge in [-0.3, -0.25) is 9.59 Å². The number of aryl methyl sites for hydroxylation is 2. The molecule has 2 aromatic rings. The van der Waals surface area contributed by atoms with Gasteiger partial charge in [-0.05, 0) is 31.5 Å². The van der Waals surface area contributed by atoms with Gasteiger partial charge in [0.05, 0.1) is 12.5 Å². The molecule has 1 amide bonds. The lowest BCUT2D eigenvalue weighted by Gasteiger charge is -2.18. The third-order valence-electron chi connectivity index (χ3n) is 3.21. The van der Waals surface area contributed by atoms with Gasteiger partial charge < -0.3 is 14.8 Å². The van der Waals surface area contributed by atoms with Crippen molar-refractivity contribution < 1.29 is 19.1 Å². The molecule has 5 nitrogen and oxygen atoms in total. The number of carboxylic acid groups (broad SMARTS) is 1. The van der Waals surface area contributed by atoms with Gasteiger partial charge in [0.25, 0.3) is 5.91 Å². The molecule has 116 valence electrons. The van der Waals surface area contributed by atoms with Gasteiger partial charge in [-0.25, -0.2) is 0 Å².